The highest BCUT2D eigenvalue weighted by molar-refractivity contribution is 7.80. The highest BCUT2D eigenvalue weighted by Gasteiger charge is 2.14. The molecule has 0 aromatic carbocycles. The van der Waals surface area contributed by atoms with Gasteiger partial charge in [-0.05, 0) is 27.1 Å². The second-order valence-electron chi connectivity index (χ2n) is 3.70. The van der Waals surface area contributed by atoms with E-state index in [1.54, 1.807) is 0 Å². The second kappa shape index (κ2) is 6.79. The summed E-state index contributed by atoms with van der Waals surface area (Å²) in [4.78, 5) is 12.7. The van der Waals surface area contributed by atoms with Gasteiger partial charge in [0.25, 0.3) is 0 Å². The van der Waals surface area contributed by atoms with Crippen LogP contribution in [0.2, 0.25) is 0 Å². The molecule has 16 heavy (non-hydrogen) atoms. The lowest BCUT2D eigenvalue weighted by molar-refractivity contribution is -0.120. The van der Waals surface area contributed by atoms with Crippen LogP contribution in [0.4, 0.5) is 0 Å². The molecule has 2 N–H and O–H groups in total. The fraction of sp³-hybridized carbons (Fsp3) is 0.875. The van der Waals surface area contributed by atoms with Crippen LogP contribution in [0.3, 0.4) is 0 Å². The van der Waals surface area contributed by atoms with Crippen molar-refractivity contribution < 1.29 is 21.9 Å². The molecule has 0 heterocycles. The lowest BCUT2D eigenvalue weighted by Gasteiger charge is -2.19. The summed E-state index contributed by atoms with van der Waals surface area (Å²) in [5.41, 5.74) is 0. The topological polar surface area (TPSA) is 95.9 Å². The summed E-state index contributed by atoms with van der Waals surface area (Å²) < 4.78 is 33.4. The standard InChI is InChI=1S/C8H18N2O5S/c1-7(11)9-8(4-5-10(2)3)6-15-16(12,13)14/h8H,4-6H2,1-3H3,(H,9,11)(H,12,13,14). The van der Waals surface area contributed by atoms with Crippen molar-refractivity contribution >= 4 is 16.3 Å². The molecule has 0 radical (unpaired) electrons. The van der Waals surface area contributed by atoms with Crippen molar-refractivity contribution in [1.29, 1.82) is 0 Å². The Labute approximate surface area is 95.7 Å². The largest absolute Gasteiger partial charge is 0.397 e. The molecular formula is C8H18N2O5S. The summed E-state index contributed by atoms with van der Waals surface area (Å²) >= 11 is 0. The molecule has 0 fully saturated rings. The Kier molecular flexibility index (Phi) is 6.49. The molecule has 1 unspecified atom stereocenters. The lowest BCUT2D eigenvalue weighted by Crippen LogP contribution is -2.39. The number of rotatable bonds is 7. The van der Waals surface area contributed by atoms with E-state index in [1.165, 1.54) is 6.92 Å². The van der Waals surface area contributed by atoms with E-state index >= 15 is 0 Å². The third-order valence-electron chi connectivity index (χ3n) is 1.75. The number of nitrogens with one attached hydrogen (secondary N) is 1. The summed E-state index contributed by atoms with van der Waals surface area (Å²) in [6.45, 7) is 1.72. The molecule has 7 nitrogen and oxygen atoms in total. The van der Waals surface area contributed by atoms with E-state index in [4.69, 9.17) is 4.55 Å². The van der Waals surface area contributed by atoms with E-state index in [2.05, 4.69) is 9.50 Å². The maximum atomic E-state index is 10.8. The molecule has 0 saturated heterocycles. The minimum absolute atomic E-state index is 0.272. The molecule has 0 aromatic rings. The molecule has 1 atom stereocenters. The second-order valence-corrected chi connectivity index (χ2v) is 4.79. The smallest absolute Gasteiger partial charge is 0.351 e. The maximum absolute atomic E-state index is 10.8. The zero-order valence-corrected chi connectivity index (χ0v) is 10.5. The molecule has 0 saturated carbocycles. The predicted molar refractivity (Wildman–Crippen MR) is 58.3 cm³/mol. The van der Waals surface area contributed by atoms with Gasteiger partial charge in [-0.15, -0.1) is 0 Å². The lowest BCUT2D eigenvalue weighted by atomic mass is 10.2. The molecule has 0 spiro atoms. The summed E-state index contributed by atoms with van der Waals surface area (Å²) in [6, 6.07) is -0.443. The van der Waals surface area contributed by atoms with Gasteiger partial charge in [0, 0.05) is 6.92 Å². The first-order chi connectivity index (χ1) is 7.20. The minimum atomic E-state index is -4.46. The van der Waals surface area contributed by atoms with Gasteiger partial charge in [-0.2, -0.15) is 8.42 Å². The summed E-state index contributed by atoms with van der Waals surface area (Å²) in [7, 11) is -0.747. The first kappa shape index (κ1) is 15.3. The van der Waals surface area contributed by atoms with Gasteiger partial charge in [-0.3, -0.25) is 9.35 Å². The summed E-state index contributed by atoms with van der Waals surface area (Å²) in [5.74, 6) is -0.275. The number of carbonyl (C=O) groups excluding carboxylic acids is 1. The SMILES string of the molecule is CC(=O)NC(CCN(C)C)COS(=O)(=O)O. The van der Waals surface area contributed by atoms with E-state index in [-0.39, 0.29) is 12.5 Å². The van der Waals surface area contributed by atoms with Crippen LogP contribution in [0.1, 0.15) is 13.3 Å². The van der Waals surface area contributed by atoms with Crippen molar-refractivity contribution in [3.8, 4) is 0 Å². The van der Waals surface area contributed by atoms with E-state index in [9.17, 15) is 13.2 Å². The van der Waals surface area contributed by atoms with E-state index in [0.717, 1.165) is 0 Å². The Morgan fingerprint density at radius 2 is 2.06 bits per heavy atom. The third kappa shape index (κ3) is 9.84. The number of carbonyl (C=O) groups is 1. The van der Waals surface area contributed by atoms with E-state index < -0.39 is 16.4 Å². The van der Waals surface area contributed by atoms with E-state index in [1.807, 2.05) is 19.0 Å². The number of amides is 1. The van der Waals surface area contributed by atoms with Gasteiger partial charge in [-0.1, -0.05) is 0 Å². The van der Waals surface area contributed by atoms with Gasteiger partial charge in [0.2, 0.25) is 5.91 Å². The third-order valence-corrected chi connectivity index (χ3v) is 2.18. The fourth-order valence-corrected chi connectivity index (χ4v) is 1.40. The zero-order valence-electron chi connectivity index (χ0n) is 9.63. The molecule has 0 bridgehead atoms. The van der Waals surface area contributed by atoms with Crippen molar-refractivity contribution in [3.05, 3.63) is 0 Å². The molecule has 8 heteroatoms. The fourth-order valence-electron chi connectivity index (χ4n) is 1.07. The molecule has 0 aliphatic rings. The molecule has 0 aliphatic heterocycles. The van der Waals surface area contributed by atoms with Crippen LogP contribution in [-0.2, 0) is 19.4 Å². The van der Waals surface area contributed by atoms with Gasteiger partial charge in [0.1, 0.15) is 0 Å². The predicted octanol–water partition coefficient (Wildman–Crippen LogP) is -0.738. The van der Waals surface area contributed by atoms with Crippen LogP contribution < -0.4 is 5.32 Å². The van der Waals surface area contributed by atoms with Crippen molar-refractivity contribution in [2.75, 3.05) is 27.2 Å². The van der Waals surface area contributed by atoms with Crippen molar-refractivity contribution in [2.24, 2.45) is 0 Å². The van der Waals surface area contributed by atoms with Crippen molar-refractivity contribution in [1.82, 2.24) is 10.2 Å². The molecule has 96 valence electrons. The summed E-state index contributed by atoms with van der Waals surface area (Å²) in [6.07, 6.45) is 0.530. The van der Waals surface area contributed by atoms with Crippen LogP contribution in [0, 0.1) is 0 Å². The molecular weight excluding hydrogens is 236 g/mol. The Hall–Kier alpha value is -0.700. The highest BCUT2D eigenvalue weighted by Crippen LogP contribution is 1.98. The van der Waals surface area contributed by atoms with Crippen LogP contribution in [0.25, 0.3) is 0 Å². The van der Waals surface area contributed by atoms with Gasteiger partial charge in [0.15, 0.2) is 0 Å². The van der Waals surface area contributed by atoms with Crippen LogP contribution in [0.5, 0.6) is 0 Å². The highest BCUT2D eigenvalue weighted by atomic mass is 32.3. The average Bonchev–Trinajstić information content (AvgIpc) is 2.07. The Balaban J connectivity index is 4.15. The van der Waals surface area contributed by atoms with Gasteiger partial charge in [0.05, 0.1) is 12.6 Å². The van der Waals surface area contributed by atoms with Crippen molar-refractivity contribution in [3.63, 3.8) is 0 Å². The number of hydrogen-bond acceptors (Lipinski definition) is 5. The maximum Gasteiger partial charge on any atom is 0.397 e. The Morgan fingerprint density at radius 3 is 2.44 bits per heavy atom. The molecule has 0 rings (SSSR count). The van der Waals surface area contributed by atoms with Gasteiger partial charge >= 0.3 is 10.4 Å². The van der Waals surface area contributed by atoms with Gasteiger partial charge in [-0.25, -0.2) is 4.18 Å². The Bertz CT molecular complexity index is 314. The van der Waals surface area contributed by atoms with Crippen LogP contribution in [-0.4, -0.2) is 57.1 Å². The zero-order chi connectivity index (χ0) is 12.8. The molecule has 0 aromatic heterocycles. The number of hydrogen-bond donors (Lipinski definition) is 2. The van der Waals surface area contributed by atoms with Crippen LogP contribution in [0.15, 0.2) is 0 Å². The van der Waals surface area contributed by atoms with Crippen LogP contribution >= 0.6 is 0 Å². The molecule has 1 amide bonds. The van der Waals surface area contributed by atoms with Gasteiger partial charge < -0.3 is 10.2 Å². The average molecular weight is 254 g/mol. The minimum Gasteiger partial charge on any atom is -0.351 e. The number of nitrogens with zero attached hydrogens (tertiary/aromatic N) is 1. The summed E-state index contributed by atoms with van der Waals surface area (Å²) in [5, 5.41) is 2.54. The van der Waals surface area contributed by atoms with E-state index in [0.29, 0.717) is 13.0 Å². The van der Waals surface area contributed by atoms with Crippen molar-refractivity contribution in [2.45, 2.75) is 19.4 Å². The normalized spacial score (nSPS) is 13.8. The first-order valence-electron chi connectivity index (χ1n) is 4.74. The quantitative estimate of drug-likeness (QED) is 0.581. The monoisotopic (exact) mass is 254 g/mol. The molecule has 0 aliphatic carbocycles. The Morgan fingerprint density at radius 1 is 1.50 bits per heavy atom. The first-order valence-corrected chi connectivity index (χ1v) is 6.11.